The fourth-order valence-corrected chi connectivity index (χ4v) is 2.90. The van der Waals surface area contributed by atoms with Crippen LogP contribution < -0.4 is 14.8 Å². The number of benzene rings is 3. The molecular formula is C22H23NO3. The number of hydrogen-bond donors (Lipinski definition) is 1. The summed E-state index contributed by atoms with van der Waals surface area (Å²) in [7, 11) is 1.64. The van der Waals surface area contributed by atoms with Crippen LogP contribution in [-0.4, -0.2) is 19.6 Å². The Morgan fingerprint density at radius 3 is 2.35 bits per heavy atom. The van der Waals surface area contributed by atoms with Crippen LogP contribution in [0.15, 0.2) is 66.7 Å². The first-order valence-electron chi connectivity index (χ1n) is 8.74. The minimum absolute atomic E-state index is 0.00893. The number of nitrogens with one attached hydrogen (secondary N) is 1. The molecule has 26 heavy (non-hydrogen) atoms. The van der Waals surface area contributed by atoms with E-state index in [1.807, 2.05) is 73.7 Å². The highest BCUT2D eigenvalue weighted by Gasteiger charge is 2.13. The monoisotopic (exact) mass is 349 g/mol. The van der Waals surface area contributed by atoms with Gasteiger partial charge in [-0.15, -0.1) is 0 Å². The minimum Gasteiger partial charge on any atom is -0.497 e. The summed E-state index contributed by atoms with van der Waals surface area (Å²) < 4.78 is 10.8. The average molecular weight is 349 g/mol. The van der Waals surface area contributed by atoms with Crippen molar-refractivity contribution >= 4 is 16.7 Å². The van der Waals surface area contributed by atoms with E-state index in [2.05, 4.69) is 5.32 Å². The predicted octanol–water partition coefficient (Wildman–Crippen LogP) is 4.49. The van der Waals surface area contributed by atoms with Gasteiger partial charge >= 0.3 is 0 Å². The fraction of sp³-hybridized carbons (Fsp3) is 0.227. The van der Waals surface area contributed by atoms with Crippen molar-refractivity contribution in [2.24, 2.45) is 0 Å². The molecule has 3 rings (SSSR count). The second kappa shape index (κ2) is 8.39. The Labute approximate surface area is 153 Å². The molecule has 1 atom stereocenters. The molecular weight excluding hydrogens is 326 g/mol. The van der Waals surface area contributed by atoms with Crippen LogP contribution in [0.1, 0.15) is 24.9 Å². The molecule has 0 aliphatic heterocycles. The number of carbonyl (C=O) groups is 1. The first-order chi connectivity index (χ1) is 12.7. The van der Waals surface area contributed by atoms with Gasteiger partial charge < -0.3 is 14.8 Å². The van der Waals surface area contributed by atoms with Crippen molar-refractivity contribution in [1.82, 2.24) is 5.32 Å². The second-order valence-electron chi connectivity index (χ2n) is 6.10. The lowest BCUT2D eigenvalue weighted by molar-refractivity contribution is -0.123. The molecule has 0 heterocycles. The summed E-state index contributed by atoms with van der Waals surface area (Å²) in [6, 6.07) is 21.6. The highest BCUT2D eigenvalue weighted by atomic mass is 16.5. The van der Waals surface area contributed by atoms with Crippen molar-refractivity contribution in [3.05, 3.63) is 72.3 Å². The molecule has 1 N–H and O–H groups in total. The summed E-state index contributed by atoms with van der Waals surface area (Å²) in [5, 5.41) is 5.26. The Balaban J connectivity index is 1.59. The molecule has 0 radical (unpaired) electrons. The van der Waals surface area contributed by atoms with Crippen LogP contribution in [0.4, 0.5) is 0 Å². The molecule has 0 bridgehead atoms. The SMILES string of the molecule is CC[C@H](NC(=O)COc1ccc2ccccc2c1)c1ccc(OC)cc1. The summed E-state index contributed by atoms with van der Waals surface area (Å²) >= 11 is 0. The fourth-order valence-electron chi connectivity index (χ4n) is 2.90. The third-order valence-electron chi connectivity index (χ3n) is 4.35. The van der Waals surface area contributed by atoms with Crippen molar-refractivity contribution in [2.75, 3.05) is 13.7 Å². The summed E-state index contributed by atoms with van der Waals surface area (Å²) in [6.07, 6.45) is 0.800. The Bertz CT molecular complexity index is 874. The Hall–Kier alpha value is -3.01. The third-order valence-corrected chi connectivity index (χ3v) is 4.35. The van der Waals surface area contributed by atoms with E-state index in [0.717, 1.165) is 28.5 Å². The number of carbonyl (C=O) groups excluding carboxylic acids is 1. The lowest BCUT2D eigenvalue weighted by atomic mass is 10.0. The summed E-state index contributed by atoms with van der Waals surface area (Å²) in [5.74, 6) is 1.35. The Morgan fingerprint density at radius 2 is 1.65 bits per heavy atom. The van der Waals surface area contributed by atoms with Gasteiger partial charge in [-0.1, -0.05) is 49.4 Å². The first-order valence-corrected chi connectivity index (χ1v) is 8.74. The molecule has 4 nitrogen and oxygen atoms in total. The van der Waals surface area contributed by atoms with Crippen LogP contribution >= 0.6 is 0 Å². The maximum Gasteiger partial charge on any atom is 0.258 e. The van der Waals surface area contributed by atoms with Crippen LogP contribution in [0.3, 0.4) is 0 Å². The summed E-state index contributed by atoms with van der Waals surface area (Å²) in [4.78, 5) is 12.3. The van der Waals surface area contributed by atoms with Crippen molar-refractivity contribution in [1.29, 1.82) is 0 Å². The molecule has 0 fully saturated rings. The van der Waals surface area contributed by atoms with Crippen molar-refractivity contribution in [3.8, 4) is 11.5 Å². The maximum absolute atomic E-state index is 12.3. The van der Waals surface area contributed by atoms with E-state index >= 15 is 0 Å². The molecule has 0 aliphatic rings. The van der Waals surface area contributed by atoms with Crippen molar-refractivity contribution in [2.45, 2.75) is 19.4 Å². The van der Waals surface area contributed by atoms with Crippen LogP contribution in [0, 0.1) is 0 Å². The maximum atomic E-state index is 12.3. The van der Waals surface area contributed by atoms with Gasteiger partial charge in [-0.3, -0.25) is 4.79 Å². The molecule has 134 valence electrons. The van der Waals surface area contributed by atoms with Gasteiger partial charge in [0.15, 0.2) is 6.61 Å². The zero-order chi connectivity index (χ0) is 18.4. The molecule has 0 aromatic heterocycles. The van der Waals surface area contributed by atoms with Gasteiger partial charge in [-0.25, -0.2) is 0 Å². The highest BCUT2D eigenvalue weighted by Crippen LogP contribution is 2.22. The van der Waals surface area contributed by atoms with Gasteiger partial charge in [0.05, 0.1) is 13.2 Å². The van der Waals surface area contributed by atoms with Crippen LogP contribution in [0.5, 0.6) is 11.5 Å². The molecule has 0 saturated carbocycles. The Kier molecular flexibility index (Phi) is 5.74. The predicted molar refractivity (Wildman–Crippen MR) is 104 cm³/mol. The second-order valence-corrected chi connectivity index (χ2v) is 6.10. The van der Waals surface area contributed by atoms with E-state index in [-0.39, 0.29) is 18.6 Å². The van der Waals surface area contributed by atoms with E-state index in [1.54, 1.807) is 7.11 Å². The van der Waals surface area contributed by atoms with Crippen molar-refractivity contribution < 1.29 is 14.3 Å². The van der Waals surface area contributed by atoms with Gasteiger partial charge in [0.1, 0.15) is 11.5 Å². The van der Waals surface area contributed by atoms with E-state index in [1.165, 1.54) is 0 Å². The summed E-state index contributed by atoms with van der Waals surface area (Å²) in [6.45, 7) is 2.03. The van der Waals surface area contributed by atoms with Gasteiger partial charge in [0.25, 0.3) is 5.91 Å². The molecule has 0 spiro atoms. The standard InChI is InChI=1S/C22H23NO3/c1-3-21(17-9-11-19(25-2)12-10-17)23-22(24)15-26-20-13-8-16-6-4-5-7-18(16)14-20/h4-14,21H,3,15H2,1-2H3,(H,23,24)/t21-/m0/s1. The number of hydrogen-bond acceptors (Lipinski definition) is 3. The molecule has 0 aliphatic carbocycles. The largest absolute Gasteiger partial charge is 0.497 e. The lowest BCUT2D eigenvalue weighted by Gasteiger charge is -2.18. The zero-order valence-electron chi connectivity index (χ0n) is 15.1. The molecule has 3 aromatic carbocycles. The number of amides is 1. The van der Waals surface area contributed by atoms with E-state index < -0.39 is 0 Å². The van der Waals surface area contributed by atoms with Gasteiger partial charge in [0, 0.05) is 0 Å². The molecule has 3 aromatic rings. The highest BCUT2D eigenvalue weighted by molar-refractivity contribution is 5.84. The number of ether oxygens (including phenoxy) is 2. The van der Waals surface area contributed by atoms with Crippen LogP contribution in [0.25, 0.3) is 10.8 Å². The minimum atomic E-state index is -0.138. The van der Waals surface area contributed by atoms with Crippen LogP contribution in [-0.2, 0) is 4.79 Å². The third kappa shape index (κ3) is 4.33. The van der Waals surface area contributed by atoms with Gasteiger partial charge in [-0.2, -0.15) is 0 Å². The summed E-state index contributed by atoms with van der Waals surface area (Å²) in [5.41, 5.74) is 1.05. The molecule has 4 heteroatoms. The number of methoxy groups -OCH3 is 1. The average Bonchev–Trinajstić information content (AvgIpc) is 2.70. The van der Waals surface area contributed by atoms with Crippen molar-refractivity contribution in [3.63, 3.8) is 0 Å². The van der Waals surface area contributed by atoms with E-state index in [4.69, 9.17) is 9.47 Å². The zero-order valence-corrected chi connectivity index (χ0v) is 15.1. The van der Waals surface area contributed by atoms with Crippen LogP contribution in [0.2, 0.25) is 0 Å². The van der Waals surface area contributed by atoms with Gasteiger partial charge in [-0.05, 0) is 47.0 Å². The molecule has 1 amide bonds. The topological polar surface area (TPSA) is 47.6 Å². The lowest BCUT2D eigenvalue weighted by Crippen LogP contribution is -2.32. The quantitative estimate of drug-likeness (QED) is 0.683. The number of rotatable bonds is 7. The first kappa shape index (κ1) is 17.8. The smallest absolute Gasteiger partial charge is 0.258 e. The normalized spacial score (nSPS) is 11.8. The molecule has 0 saturated heterocycles. The van der Waals surface area contributed by atoms with Gasteiger partial charge in [0.2, 0.25) is 0 Å². The molecule has 0 unspecified atom stereocenters. The number of fused-ring (bicyclic) bond motifs is 1. The van der Waals surface area contributed by atoms with E-state index in [9.17, 15) is 4.79 Å². The van der Waals surface area contributed by atoms with E-state index in [0.29, 0.717) is 5.75 Å². The Morgan fingerprint density at radius 1 is 0.962 bits per heavy atom.